The van der Waals surface area contributed by atoms with Crippen LogP contribution < -0.4 is 5.32 Å². The van der Waals surface area contributed by atoms with Crippen molar-refractivity contribution in [3.05, 3.63) is 24.2 Å². The monoisotopic (exact) mass is 238 g/mol. The van der Waals surface area contributed by atoms with Crippen molar-refractivity contribution in [2.24, 2.45) is 0 Å². The maximum Gasteiger partial charge on any atom is 0.122 e. The topological polar surface area (TPSA) is 37.6 Å². The van der Waals surface area contributed by atoms with Gasteiger partial charge in [-0.2, -0.15) is 0 Å². The Labute approximate surface area is 103 Å². The van der Waals surface area contributed by atoms with Gasteiger partial charge in [0.15, 0.2) is 0 Å². The zero-order valence-corrected chi connectivity index (χ0v) is 10.8. The van der Waals surface area contributed by atoms with Gasteiger partial charge in [0.2, 0.25) is 0 Å². The first-order valence-corrected chi connectivity index (χ1v) is 6.16. The minimum atomic E-state index is 0.298. The van der Waals surface area contributed by atoms with Crippen LogP contribution in [0.4, 0.5) is 0 Å². The number of ether oxygens (including phenoxy) is 1. The summed E-state index contributed by atoms with van der Waals surface area (Å²) in [6.45, 7) is 0.918. The molecule has 0 radical (unpaired) electrons. The Bertz CT molecular complexity index is 318. The molecule has 1 aliphatic carbocycles. The lowest BCUT2D eigenvalue weighted by atomic mass is 9.89. The van der Waals surface area contributed by atoms with Gasteiger partial charge in [0.1, 0.15) is 5.76 Å². The van der Waals surface area contributed by atoms with Crippen LogP contribution in [0.1, 0.15) is 24.6 Å². The molecule has 0 bridgehead atoms. The van der Waals surface area contributed by atoms with Gasteiger partial charge in [0.25, 0.3) is 0 Å². The van der Waals surface area contributed by atoms with Crippen LogP contribution in [0.5, 0.6) is 0 Å². The van der Waals surface area contributed by atoms with E-state index in [0.29, 0.717) is 18.2 Å². The molecular weight excluding hydrogens is 216 g/mol. The predicted octanol–water partition coefficient (Wildman–Crippen LogP) is 1.65. The second kappa shape index (κ2) is 5.67. The van der Waals surface area contributed by atoms with E-state index in [2.05, 4.69) is 24.3 Å². The maximum absolute atomic E-state index is 5.48. The van der Waals surface area contributed by atoms with Gasteiger partial charge in [-0.1, -0.05) is 0 Å². The molecule has 96 valence electrons. The molecule has 1 fully saturated rings. The van der Waals surface area contributed by atoms with E-state index < -0.39 is 0 Å². The highest BCUT2D eigenvalue weighted by Crippen LogP contribution is 2.24. The van der Waals surface area contributed by atoms with Crippen molar-refractivity contribution < 1.29 is 9.15 Å². The Morgan fingerprint density at radius 3 is 2.82 bits per heavy atom. The summed E-state index contributed by atoms with van der Waals surface area (Å²) in [4.78, 5) is 2.18. The molecule has 1 saturated carbocycles. The summed E-state index contributed by atoms with van der Waals surface area (Å²) in [6.07, 6.45) is 4.42. The van der Waals surface area contributed by atoms with E-state index in [1.54, 1.807) is 13.4 Å². The molecule has 1 atom stereocenters. The summed E-state index contributed by atoms with van der Waals surface area (Å²) in [5.74, 6) is 1.02. The number of hydrogen-bond donors (Lipinski definition) is 1. The zero-order chi connectivity index (χ0) is 12.3. The number of nitrogens with one attached hydrogen (secondary N) is 1. The first-order chi connectivity index (χ1) is 8.20. The van der Waals surface area contributed by atoms with Crippen LogP contribution in [0, 0.1) is 0 Å². The SMILES string of the molecule is COC1CC(NCC(c2ccco2)N(C)C)C1. The summed E-state index contributed by atoms with van der Waals surface area (Å²) in [5.41, 5.74) is 0. The number of rotatable bonds is 6. The van der Waals surface area contributed by atoms with Gasteiger partial charge in [-0.05, 0) is 39.1 Å². The highest BCUT2D eigenvalue weighted by atomic mass is 16.5. The van der Waals surface area contributed by atoms with Crippen LogP contribution in [-0.2, 0) is 4.74 Å². The van der Waals surface area contributed by atoms with Gasteiger partial charge >= 0.3 is 0 Å². The zero-order valence-electron chi connectivity index (χ0n) is 10.8. The number of hydrogen-bond acceptors (Lipinski definition) is 4. The lowest BCUT2D eigenvalue weighted by Gasteiger charge is -2.36. The molecule has 1 aromatic rings. The molecule has 4 nitrogen and oxygen atoms in total. The third-order valence-electron chi connectivity index (χ3n) is 3.52. The molecule has 0 saturated heterocycles. The number of likely N-dealkylation sites (N-methyl/N-ethyl adjacent to an activating group) is 1. The largest absolute Gasteiger partial charge is 0.468 e. The van der Waals surface area contributed by atoms with E-state index >= 15 is 0 Å². The summed E-state index contributed by atoms with van der Waals surface area (Å²) >= 11 is 0. The molecule has 1 aromatic heterocycles. The Kier molecular flexibility index (Phi) is 4.20. The fraction of sp³-hybridized carbons (Fsp3) is 0.692. The summed E-state index contributed by atoms with van der Waals surface area (Å²) in [7, 11) is 5.94. The van der Waals surface area contributed by atoms with E-state index in [1.807, 2.05) is 12.1 Å². The normalized spacial score (nSPS) is 25.9. The van der Waals surface area contributed by atoms with Crippen molar-refractivity contribution in [2.45, 2.75) is 31.0 Å². The van der Waals surface area contributed by atoms with Crippen molar-refractivity contribution in [3.63, 3.8) is 0 Å². The second-order valence-corrected chi connectivity index (χ2v) is 4.93. The average Bonchev–Trinajstić information content (AvgIpc) is 2.74. The van der Waals surface area contributed by atoms with Gasteiger partial charge in [-0.3, -0.25) is 4.90 Å². The van der Waals surface area contributed by atoms with Crippen molar-refractivity contribution in [2.75, 3.05) is 27.7 Å². The van der Waals surface area contributed by atoms with Gasteiger partial charge in [-0.15, -0.1) is 0 Å². The van der Waals surface area contributed by atoms with Crippen molar-refractivity contribution in [1.82, 2.24) is 10.2 Å². The lowest BCUT2D eigenvalue weighted by Crippen LogP contribution is -2.47. The van der Waals surface area contributed by atoms with Gasteiger partial charge in [0.05, 0.1) is 18.4 Å². The van der Waals surface area contributed by atoms with E-state index in [0.717, 1.165) is 25.1 Å². The van der Waals surface area contributed by atoms with Gasteiger partial charge in [-0.25, -0.2) is 0 Å². The molecule has 1 aliphatic rings. The third-order valence-corrected chi connectivity index (χ3v) is 3.52. The number of nitrogens with zero attached hydrogens (tertiary/aromatic N) is 1. The fourth-order valence-electron chi connectivity index (χ4n) is 2.22. The first kappa shape index (κ1) is 12.6. The van der Waals surface area contributed by atoms with Crippen molar-refractivity contribution in [1.29, 1.82) is 0 Å². The van der Waals surface area contributed by atoms with E-state index in [1.165, 1.54) is 0 Å². The van der Waals surface area contributed by atoms with Crippen LogP contribution in [0.15, 0.2) is 22.8 Å². The fourth-order valence-corrected chi connectivity index (χ4v) is 2.22. The Morgan fingerprint density at radius 1 is 1.53 bits per heavy atom. The molecule has 1 heterocycles. The highest BCUT2D eigenvalue weighted by molar-refractivity contribution is 5.05. The summed E-state index contributed by atoms with van der Waals surface area (Å²) in [6, 6.07) is 4.87. The third kappa shape index (κ3) is 3.09. The Morgan fingerprint density at radius 2 is 2.29 bits per heavy atom. The number of furan rings is 1. The molecule has 1 N–H and O–H groups in total. The van der Waals surface area contributed by atoms with E-state index in [9.17, 15) is 0 Å². The van der Waals surface area contributed by atoms with Crippen molar-refractivity contribution in [3.8, 4) is 0 Å². The number of methoxy groups -OCH3 is 1. The van der Waals surface area contributed by atoms with Crippen molar-refractivity contribution >= 4 is 0 Å². The Hall–Kier alpha value is -0.840. The van der Waals surface area contributed by atoms with Gasteiger partial charge in [0, 0.05) is 19.7 Å². The molecule has 4 heteroatoms. The van der Waals surface area contributed by atoms with Crippen LogP contribution in [0.3, 0.4) is 0 Å². The van der Waals surface area contributed by atoms with Crippen LogP contribution in [0.25, 0.3) is 0 Å². The quantitative estimate of drug-likeness (QED) is 0.817. The molecule has 0 aromatic carbocycles. The molecule has 2 rings (SSSR count). The maximum atomic E-state index is 5.48. The summed E-state index contributed by atoms with van der Waals surface area (Å²) < 4.78 is 10.8. The molecule has 0 spiro atoms. The molecule has 1 unspecified atom stereocenters. The highest BCUT2D eigenvalue weighted by Gasteiger charge is 2.29. The molecule has 0 amide bonds. The Balaban J connectivity index is 1.79. The smallest absolute Gasteiger partial charge is 0.122 e. The van der Waals surface area contributed by atoms with E-state index in [-0.39, 0.29) is 0 Å². The minimum absolute atomic E-state index is 0.298. The molecule has 17 heavy (non-hydrogen) atoms. The average molecular weight is 238 g/mol. The first-order valence-electron chi connectivity index (χ1n) is 6.16. The predicted molar refractivity (Wildman–Crippen MR) is 67.0 cm³/mol. The van der Waals surface area contributed by atoms with E-state index in [4.69, 9.17) is 9.15 Å². The van der Waals surface area contributed by atoms with Crippen LogP contribution in [-0.4, -0.2) is 44.8 Å². The minimum Gasteiger partial charge on any atom is -0.468 e. The lowest BCUT2D eigenvalue weighted by molar-refractivity contribution is 0.0156. The van der Waals surface area contributed by atoms with Crippen LogP contribution >= 0.6 is 0 Å². The second-order valence-electron chi connectivity index (χ2n) is 4.93. The molecular formula is C13H22N2O2. The van der Waals surface area contributed by atoms with Gasteiger partial charge < -0.3 is 14.5 Å². The summed E-state index contributed by atoms with van der Waals surface area (Å²) in [5, 5.41) is 3.57. The van der Waals surface area contributed by atoms with Crippen LogP contribution in [0.2, 0.25) is 0 Å². The molecule has 0 aliphatic heterocycles. The standard InChI is InChI=1S/C13H22N2O2/c1-15(2)12(13-5-4-6-17-13)9-14-10-7-11(8-10)16-3/h4-6,10-12,14H,7-9H2,1-3H3.